The first-order valence-corrected chi connectivity index (χ1v) is 9.68. The van der Waals surface area contributed by atoms with E-state index in [-0.39, 0.29) is 12.2 Å². The maximum absolute atomic E-state index is 11.1. The van der Waals surface area contributed by atoms with Crippen LogP contribution >= 0.6 is 28.6 Å². The fourth-order valence-electron chi connectivity index (χ4n) is 1.64. The molecule has 0 aliphatic heterocycles. The van der Waals surface area contributed by atoms with E-state index in [2.05, 4.69) is 0 Å². The number of aliphatic hydroxyl groups is 1. The molecule has 0 bridgehead atoms. The molecule has 17 heavy (non-hydrogen) atoms. The van der Waals surface area contributed by atoms with Crippen LogP contribution in [0.3, 0.4) is 0 Å². The fourth-order valence-corrected chi connectivity index (χ4v) is 2.92. The lowest BCUT2D eigenvalue weighted by atomic mass is 10.0. The van der Waals surface area contributed by atoms with Crippen LogP contribution < -0.4 is 0 Å². The Morgan fingerprint density at radius 2 is 1.71 bits per heavy atom. The number of rotatable bonds is 10. The second kappa shape index (κ2) is 9.63. The number of halogens is 2. The third kappa shape index (κ3) is 11.5. The van der Waals surface area contributed by atoms with Crippen molar-refractivity contribution in [2.24, 2.45) is 0 Å². The molecule has 0 aliphatic rings. The van der Waals surface area contributed by atoms with Crippen molar-refractivity contribution in [1.82, 2.24) is 0 Å². The number of hydrogen-bond acceptors (Lipinski definition) is 3. The zero-order valence-electron chi connectivity index (χ0n) is 10.6. The molecular weight excluding hydrogens is 282 g/mol. The third-order valence-corrected chi connectivity index (χ3v) is 3.78. The molecule has 2 unspecified atom stereocenters. The monoisotopic (exact) mass is 304 g/mol. The standard InChI is InChI=1S/C11H23Cl2O3P/c1-3-10(14)8-6-5-7-9-11(4-2)16-17(12,13)15/h10-11,14H,3-9H2,1-2H3. The molecule has 0 heterocycles. The summed E-state index contributed by atoms with van der Waals surface area (Å²) in [7, 11) is 0. The first-order valence-electron chi connectivity index (χ1n) is 6.24. The van der Waals surface area contributed by atoms with Crippen LogP contribution in [0, 0.1) is 0 Å². The van der Waals surface area contributed by atoms with E-state index in [0.29, 0.717) is 0 Å². The SMILES string of the molecule is CCC(O)CCCCCC(CC)OP(=O)(Cl)Cl. The van der Waals surface area contributed by atoms with E-state index in [0.717, 1.165) is 44.9 Å². The van der Waals surface area contributed by atoms with E-state index in [1.165, 1.54) is 0 Å². The van der Waals surface area contributed by atoms with E-state index in [4.69, 9.17) is 27.0 Å². The average molecular weight is 305 g/mol. The Morgan fingerprint density at radius 3 is 2.18 bits per heavy atom. The summed E-state index contributed by atoms with van der Waals surface area (Å²) < 4.78 is 16.1. The van der Waals surface area contributed by atoms with Gasteiger partial charge in [0.15, 0.2) is 0 Å². The van der Waals surface area contributed by atoms with Crippen molar-refractivity contribution in [3.63, 3.8) is 0 Å². The van der Waals surface area contributed by atoms with Crippen molar-refractivity contribution in [3.8, 4) is 0 Å². The molecule has 0 aromatic rings. The van der Waals surface area contributed by atoms with Crippen molar-refractivity contribution in [2.75, 3.05) is 0 Å². The van der Waals surface area contributed by atoms with Crippen LogP contribution in [0.4, 0.5) is 0 Å². The molecule has 0 aromatic carbocycles. The Morgan fingerprint density at radius 1 is 1.12 bits per heavy atom. The smallest absolute Gasteiger partial charge is 0.380 e. The van der Waals surface area contributed by atoms with Crippen molar-refractivity contribution in [1.29, 1.82) is 0 Å². The van der Waals surface area contributed by atoms with Crippen molar-refractivity contribution >= 4 is 28.6 Å². The first kappa shape index (κ1) is 17.7. The summed E-state index contributed by atoms with van der Waals surface area (Å²) in [5, 5.41) is 9.37. The Kier molecular flexibility index (Phi) is 10.0. The highest BCUT2D eigenvalue weighted by atomic mass is 35.9. The normalized spacial score (nSPS) is 15.8. The Hall–Kier alpha value is 0.730. The van der Waals surface area contributed by atoms with Gasteiger partial charge in [-0.25, -0.2) is 0 Å². The van der Waals surface area contributed by atoms with Crippen molar-refractivity contribution in [2.45, 2.75) is 71.0 Å². The Bertz CT molecular complexity index is 233. The van der Waals surface area contributed by atoms with Crippen LogP contribution in [-0.2, 0) is 9.09 Å². The van der Waals surface area contributed by atoms with Gasteiger partial charge >= 0.3 is 6.07 Å². The van der Waals surface area contributed by atoms with Gasteiger partial charge in [0.1, 0.15) is 0 Å². The van der Waals surface area contributed by atoms with Crippen molar-refractivity contribution < 1.29 is 14.2 Å². The largest absolute Gasteiger partial charge is 0.393 e. The third-order valence-electron chi connectivity index (χ3n) is 2.76. The van der Waals surface area contributed by atoms with E-state index in [1.807, 2.05) is 13.8 Å². The van der Waals surface area contributed by atoms with Crippen LogP contribution in [0.1, 0.15) is 58.8 Å². The van der Waals surface area contributed by atoms with Gasteiger partial charge in [-0.3, -0.25) is 4.57 Å². The minimum Gasteiger partial charge on any atom is -0.393 e. The molecule has 0 amide bonds. The summed E-state index contributed by atoms with van der Waals surface area (Å²) in [5.41, 5.74) is 0. The van der Waals surface area contributed by atoms with E-state index >= 15 is 0 Å². The molecule has 6 heteroatoms. The molecule has 0 aromatic heterocycles. The molecule has 0 saturated carbocycles. The van der Waals surface area contributed by atoms with Gasteiger partial charge in [-0.15, -0.1) is 0 Å². The Balaban J connectivity index is 3.60. The molecule has 0 aliphatic carbocycles. The van der Waals surface area contributed by atoms with Gasteiger partial charge in [0.25, 0.3) is 0 Å². The summed E-state index contributed by atoms with van der Waals surface area (Å²) in [6.45, 7) is 3.93. The molecular formula is C11H23Cl2O3P. The van der Waals surface area contributed by atoms with Crippen LogP contribution in [0.2, 0.25) is 0 Å². The van der Waals surface area contributed by atoms with E-state index in [9.17, 15) is 9.67 Å². The topological polar surface area (TPSA) is 46.5 Å². The van der Waals surface area contributed by atoms with Gasteiger partial charge in [0.2, 0.25) is 0 Å². The minimum absolute atomic E-state index is 0.132. The van der Waals surface area contributed by atoms with Gasteiger partial charge in [-0.05, 0) is 48.2 Å². The molecule has 0 radical (unpaired) electrons. The molecule has 0 rings (SSSR count). The molecule has 1 N–H and O–H groups in total. The van der Waals surface area contributed by atoms with Crippen LogP contribution in [-0.4, -0.2) is 17.3 Å². The summed E-state index contributed by atoms with van der Waals surface area (Å²) >= 11 is 10.7. The maximum Gasteiger partial charge on any atom is 0.380 e. The zero-order chi connectivity index (χ0) is 13.3. The molecule has 0 spiro atoms. The lowest BCUT2D eigenvalue weighted by Gasteiger charge is -2.16. The lowest BCUT2D eigenvalue weighted by molar-refractivity contribution is 0.155. The maximum atomic E-state index is 11.1. The van der Waals surface area contributed by atoms with Crippen LogP contribution in [0.25, 0.3) is 0 Å². The van der Waals surface area contributed by atoms with Gasteiger partial charge in [0.05, 0.1) is 12.2 Å². The number of aliphatic hydroxyl groups excluding tert-OH is 1. The average Bonchev–Trinajstić information content (AvgIpc) is 2.25. The molecule has 3 nitrogen and oxygen atoms in total. The first-order chi connectivity index (χ1) is 7.89. The summed E-state index contributed by atoms with van der Waals surface area (Å²) in [5.74, 6) is 0. The van der Waals surface area contributed by atoms with Gasteiger partial charge in [-0.2, -0.15) is 0 Å². The predicted molar refractivity (Wildman–Crippen MR) is 73.9 cm³/mol. The van der Waals surface area contributed by atoms with E-state index < -0.39 is 6.07 Å². The quantitative estimate of drug-likeness (QED) is 0.452. The highest BCUT2D eigenvalue weighted by Crippen LogP contribution is 2.59. The second-order valence-electron chi connectivity index (χ2n) is 4.25. The molecule has 0 saturated heterocycles. The zero-order valence-corrected chi connectivity index (χ0v) is 13.0. The number of unbranched alkanes of at least 4 members (excludes halogenated alkanes) is 2. The van der Waals surface area contributed by atoms with Gasteiger partial charge < -0.3 is 9.63 Å². The van der Waals surface area contributed by atoms with Crippen LogP contribution in [0.5, 0.6) is 0 Å². The van der Waals surface area contributed by atoms with Crippen LogP contribution in [0.15, 0.2) is 0 Å². The minimum atomic E-state index is -3.41. The molecule has 0 fully saturated rings. The summed E-state index contributed by atoms with van der Waals surface area (Å²) in [6.07, 6.45) is 2.50. The summed E-state index contributed by atoms with van der Waals surface area (Å²) in [6, 6.07) is 0. The Labute approximate surface area is 114 Å². The highest BCUT2D eigenvalue weighted by molar-refractivity contribution is 8.05. The second-order valence-corrected chi connectivity index (χ2v) is 8.48. The summed E-state index contributed by atoms with van der Waals surface area (Å²) in [4.78, 5) is 0. The highest BCUT2D eigenvalue weighted by Gasteiger charge is 2.20. The fraction of sp³-hybridized carbons (Fsp3) is 1.00. The van der Waals surface area contributed by atoms with Crippen molar-refractivity contribution in [3.05, 3.63) is 0 Å². The van der Waals surface area contributed by atoms with Gasteiger partial charge in [0, 0.05) is 0 Å². The number of hydrogen-bond donors (Lipinski definition) is 1. The lowest BCUT2D eigenvalue weighted by Crippen LogP contribution is -2.08. The molecule has 2 atom stereocenters. The van der Waals surface area contributed by atoms with Gasteiger partial charge in [-0.1, -0.05) is 33.1 Å². The van der Waals surface area contributed by atoms with E-state index in [1.54, 1.807) is 0 Å². The molecule has 104 valence electrons. The predicted octanol–water partition coefficient (Wildman–Crippen LogP) is 5.09.